The molecular formula is C23H21FN2O4. The third-order valence-electron chi connectivity index (χ3n) is 4.86. The van der Waals surface area contributed by atoms with Gasteiger partial charge < -0.3 is 19.8 Å². The Morgan fingerprint density at radius 3 is 2.90 bits per heavy atom. The summed E-state index contributed by atoms with van der Waals surface area (Å²) in [5.41, 5.74) is 2.54. The van der Waals surface area contributed by atoms with Crippen LogP contribution in [0.3, 0.4) is 0 Å². The number of aromatic amines is 1. The van der Waals surface area contributed by atoms with E-state index in [1.165, 1.54) is 12.1 Å². The summed E-state index contributed by atoms with van der Waals surface area (Å²) in [4.78, 5) is 28.4. The van der Waals surface area contributed by atoms with Gasteiger partial charge in [0.1, 0.15) is 24.2 Å². The fourth-order valence-electron chi connectivity index (χ4n) is 3.42. The summed E-state index contributed by atoms with van der Waals surface area (Å²) in [5, 5.41) is 3.57. The highest BCUT2D eigenvalue weighted by molar-refractivity contribution is 6.01. The van der Waals surface area contributed by atoms with Gasteiger partial charge in [-0.25, -0.2) is 9.18 Å². The second-order valence-corrected chi connectivity index (χ2v) is 7.00. The van der Waals surface area contributed by atoms with Gasteiger partial charge in [0.05, 0.1) is 12.2 Å². The molecule has 0 unspecified atom stereocenters. The Labute approximate surface area is 172 Å². The lowest BCUT2D eigenvalue weighted by atomic mass is 10.1. The van der Waals surface area contributed by atoms with Crippen LogP contribution in [0, 0.1) is 5.82 Å². The van der Waals surface area contributed by atoms with E-state index >= 15 is 0 Å². The minimum absolute atomic E-state index is 0.115. The second kappa shape index (κ2) is 8.41. The summed E-state index contributed by atoms with van der Waals surface area (Å²) in [6.45, 7) is 2.02. The van der Waals surface area contributed by atoms with Crippen molar-refractivity contribution in [2.24, 2.45) is 0 Å². The first-order chi connectivity index (χ1) is 14.5. The molecule has 2 aromatic carbocycles. The van der Waals surface area contributed by atoms with Crippen LogP contribution in [0.5, 0.6) is 5.75 Å². The molecule has 1 amide bonds. The number of amides is 1. The molecule has 30 heavy (non-hydrogen) atoms. The third kappa shape index (κ3) is 4.20. The van der Waals surface area contributed by atoms with Crippen molar-refractivity contribution in [3.05, 3.63) is 71.2 Å². The standard InChI is InChI=1S/C23H21FN2O4/c1-2-29-23(28)20(12-18-10-14-7-8-17(24)11-19(14)25-18)26-22(27)16-9-15-5-3-4-6-21(15)30-13-16/h3-11,20,25H,2,12-13H2,1H3,(H,26,27)/t20-/m1/s1. The van der Waals surface area contributed by atoms with E-state index in [1.807, 2.05) is 30.3 Å². The van der Waals surface area contributed by atoms with E-state index in [0.29, 0.717) is 22.5 Å². The molecule has 1 aliphatic heterocycles. The number of rotatable bonds is 6. The van der Waals surface area contributed by atoms with Crippen LogP contribution in [0.1, 0.15) is 18.2 Å². The lowest BCUT2D eigenvalue weighted by Gasteiger charge is -2.20. The van der Waals surface area contributed by atoms with E-state index in [-0.39, 0.29) is 25.5 Å². The number of carbonyl (C=O) groups is 2. The van der Waals surface area contributed by atoms with Crippen molar-refractivity contribution in [2.45, 2.75) is 19.4 Å². The van der Waals surface area contributed by atoms with E-state index in [4.69, 9.17) is 9.47 Å². The molecule has 1 aliphatic rings. The summed E-state index contributed by atoms with van der Waals surface area (Å²) in [7, 11) is 0. The Morgan fingerprint density at radius 1 is 1.23 bits per heavy atom. The molecule has 4 rings (SSSR count). The first-order valence-electron chi connectivity index (χ1n) is 9.70. The van der Waals surface area contributed by atoms with E-state index < -0.39 is 17.9 Å². The largest absolute Gasteiger partial charge is 0.488 e. The Morgan fingerprint density at radius 2 is 2.07 bits per heavy atom. The predicted molar refractivity (Wildman–Crippen MR) is 110 cm³/mol. The molecule has 7 heteroatoms. The zero-order valence-corrected chi connectivity index (χ0v) is 16.4. The van der Waals surface area contributed by atoms with Gasteiger partial charge in [-0.1, -0.05) is 18.2 Å². The van der Waals surface area contributed by atoms with Crippen LogP contribution >= 0.6 is 0 Å². The van der Waals surface area contributed by atoms with Crippen LogP contribution in [0.15, 0.2) is 54.1 Å². The maximum Gasteiger partial charge on any atom is 0.329 e. The van der Waals surface area contributed by atoms with Gasteiger partial charge in [-0.15, -0.1) is 0 Å². The van der Waals surface area contributed by atoms with Crippen LogP contribution in [-0.4, -0.2) is 36.1 Å². The van der Waals surface area contributed by atoms with E-state index in [2.05, 4.69) is 10.3 Å². The Balaban J connectivity index is 1.54. The summed E-state index contributed by atoms with van der Waals surface area (Å²) in [5.74, 6) is -0.574. The Hall–Kier alpha value is -3.61. The summed E-state index contributed by atoms with van der Waals surface area (Å²) >= 11 is 0. The predicted octanol–water partition coefficient (Wildman–Crippen LogP) is 3.37. The molecule has 0 radical (unpaired) electrons. The summed E-state index contributed by atoms with van der Waals surface area (Å²) in [6, 6.07) is 12.8. The molecular weight excluding hydrogens is 387 g/mol. The highest BCUT2D eigenvalue weighted by Gasteiger charge is 2.26. The van der Waals surface area contributed by atoms with Gasteiger partial charge >= 0.3 is 5.97 Å². The molecule has 2 heterocycles. The maximum absolute atomic E-state index is 13.5. The van der Waals surface area contributed by atoms with Crippen molar-refractivity contribution in [3.63, 3.8) is 0 Å². The maximum atomic E-state index is 13.5. The molecule has 2 N–H and O–H groups in total. The first-order valence-corrected chi connectivity index (χ1v) is 9.70. The third-order valence-corrected chi connectivity index (χ3v) is 4.86. The number of aromatic nitrogens is 1. The molecule has 0 saturated heterocycles. The normalized spacial score (nSPS) is 13.7. The van der Waals surface area contributed by atoms with Crippen LogP contribution in [0.25, 0.3) is 17.0 Å². The van der Waals surface area contributed by atoms with Crippen molar-refractivity contribution in [3.8, 4) is 5.75 Å². The molecule has 1 atom stereocenters. The zero-order valence-electron chi connectivity index (χ0n) is 16.4. The number of benzene rings is 2. The van der Waals surface area contributed by atoms with Gasteiger partial charge in [-0.3, -0.25) is 4.79 Å². The summed E-state index contributed by atoms with van der Waals surface area (Å²) in [6.07, 6.45) is 1.94. The average molecular weight is 408 g/mol. The lowest BCUT2D eigenvalue weighted by molar-refractivity contribution is -0.147. The number of H-pyrrole nitrogens is 1. The van der Waals surface area contributed by atoms with Gasteiger partial charge in [0.2, 0.25) is 0 Å². The van der Waals surface area contributed by atoms with Crippen LogP contribution < -0.4 is 10.1 Å². The number of hydrogen-bond acceptors (Lipinski definition) is 4. The van der Waals surface area contributed by atoms with Gasteiger partial charge in [0, 0.05) is 23.2 Å². The number of hydrogen-bond donors (Lipinski definition) is 2. The number of ether oxygens (including phenoxy) is 2. The van der Waals surface area contributed by atoms with Crippen molar-refractivity contribution in [2.75, 3.05) is 13.2 Å². The molecule has 0 aliphatic carbocycles. The van der Waals surface area contributed by atoms with E-state index in [9.17, 15) is 14.0 Å². The Kier molecular flexibility index (Phi) is 5.52. The van der Waals surface area contributed by atoms with Gasteiger partial charge in [-0.2, -0.15) is 0 Å². The quantitative estimate of drug-likeness (QED) is 0.613. The number of halogens is 1. The second-order valence-electron chi connectivity index (χ2n) is 7.00. The SMILES string of the molecule is CCOC(=O)[C@@H](Cc1cc2ccc(F)cc2[nH]1)NC(=O)C1=Cc2ccccc2OC1. The van der Waals surface area contributed by atoms with Crippen LogP contribution in [-0.2, 0) is 20.7 Å². The number of fused-ring (bicyclic) bond motifs is 2. The molecule has 0 spiro atoms. The number of para-hydroxylation sites is 1. The molecule has 1 aromatic heterocycles. The topological polar surface area (TPSA) is 80.4 Å². The van der Waals surface area contributed by atoms with Crippen molar-refractivity contribution < 1.29 is 23.5 Å². The Bertz CT molecular complexity index is 1140. The zero-order chi connectivity index (χ0) is 21.1. The van der Waals surface area contributed by atoms with Crippen molar-refractivity contribution in [1.29, 1.82) is 0 Å². The lowest BCUT2D eigenvalue weighted by Crippen LogP contribution is -2.44. The van der Waals surface area contributed by atoms with E-state index in [1.54, 1.807) is 19.1 Å². The fourth-order valence-corrected chi connectivity index (χ4v) is 3.42. The van der Waals surface area contributed by atoms with Gasteiger partial charge in [-0.05, 0) is 48.7 Å². The fraction of sp³-hybridized carbons (Fsp3) is 0.217. The summed E-state index contributed by atoms with van der Waals surface area (Å²) < 4.78 is 24.2. The van der Waals surface area contributed by atoms with Crippen molar-refractivity contribution >= 4 is 28.9 Å². The highest BCUT2D eigenvalue weighted by atomic mass is 19.1. The number of nitrogens with one attached hydrogen (secondary N) is 2. The van der Waals surface area contributed by atoms with Crippen molar-refractivity contribution in [1.82, 2.24) is 10.3 Å². The molecule has 0 saturated carbocycles. The molecule has 0 fully saturated rings. The number of esters is 1. The average Bonchev–Trinajstić information content (AvgIpc) is 3.14. The van der Waals surface area contributed by atoms with Gasteiger partial charge in [0.25, 0.3) is 5.91 Å². The smallest absolute Gasteiger partial charge is 0.329 e. The van der Waals surface area contributed by atoms with E-state index in [0.717, 1.165) is 10.9 Å². The molecule has 3 aromatic rings. The minimum atomic E-state index is -0.895. The highest BCUT2D eigenvalue weighted by Crippen LogP contribution is 2.26. The first kappa shape index (κ1) is 19.7. The monoisotopic (exact) mass is 408 g/mol. The minimum Gasteiger partial charge on any atom is -0.488 e. The molecule has 0 bridgehead atoms. The molecule has 6 nitrogen and oxygen atoms in total. The molecule has 154 valence electrons. The number of carbonyl (C=O) groups excluding carboxylic acids is 2. The van der Waals surface area contributed by atoms with Crippen LogP contribution in [0.4, 0.5) is 4.39 Å². The van der Waals surface area contributed by atoms with Crippen LogP contribution in [0.2, 0.25) is 0 Å². The van der Waals surface area contributed by atoms with Gasteiger partial charge in [0.15, 0.2) is 0 Å².